The van der Waals surface area contributed by atoms with Gasteiger partial charge in [0.1, 0.15) is 0 Å². The summed E-state index contributed by atoms with van der Waals surface area (Å²) in [6.45, 7) is 7.68. The highest BCUT2D eigenvalue weighted by atomic mass is 16.4. The van der Waals surface area contributed by atoms with Crippen LogP contribution in [0.5, 0.6) is 0 Å². The van der Waals surface area contributed by atoms with Crippen LogP contribution in [0.15, 0.2) is 0 Å². The van der Waals surface area contributed by atoms with Crippen molar-refractivity contribution < 1.29 is 14.7 Å². The lowest BCUT2D eigenvalue weighted by Gasteiger charge is -2.38. The highest BCUT2D eigenvalue weighted by Crippen LogP contribution is 2.40. The lowest BCUT2D eigenvalue weighted by atomic mass is 10.1. The predicted octanol–water partition coefficient (Wildman–Crippen LogP) is 0.650. The molecule has 1 N–H and O–H groups in total. The summed E-state index contributed by atoms with van der Waals surface area (Å²) < 4.78 is 0. The molecule has 102 valence electrons. The van der Waals surface area contributed by atoms with Crippen LogP contribution in [-0.2, 0) is 9.59 Å². The number of hydrogen-bond donors (Lipinski definition) is 1. The number of carboxylic acid groups (broad SMARTS) is 1. The molecule has 0 aromatic rings. The quantitative estimate of drug-likeness (QED) is 0.800. The molecule has 1 saturated carbocycles. The number of amides is 1. The van der Waals surface area contributed by atoms with Crippen LogP contribution in [0, 0.1) is 11.8 Å². The van der Waals surface area contributed by atoms with Gasteiger partial charge in [-0.05, 0) is 19.8 Å². The number of aliphatic carboxylic acids is 1. The maximum Gasteiger partial charge on any atom is 0.307 e. The predicted molar refractivity (Wildman–Crippen MR) is 67.1 cm³/mol. The van der Waals surface area contributed by atoms with Crippen molar-refractivity contribution in [1.82, 2.24) is 9.80 Å². The van der Waals surface area contributed by atoms with Crippen molar-refractivity contribution in [2.24, 2.45) is 11.8 Å². The number of hydrogen-bond acceptors (Lipinski definition) is 3. The summed E-state index contributed by atoms with van der Waals surface area (Å²) in [4.78, 5) is 27.1. The molecule has 5 nitrogen and oxygen atoms in total. The average Bonchev–Trinajstić information content (AvgIpc) is 3.17. The van der Waals surface area contributed by atoms with Crippen molar-refractivity contribution in [2.75, 3.05) is 26.2 Å². The fourth-order valence-corrected chi connectivity index (χ4v) is 2.62. The van der Waals surface area contributed by atoms with Crippen LogP contribution < -0.4 is 0 Å². The summed E-state index contributed by atoms with van der Waals surface area (Å²) in [5.41, 5.74) is 0. The van der Waals surface area contributed by atoms with Crippen LogP contribution in [-0.4, -0.2) is 59.0 Å². The van der Waals surface area contributed by atoms with Gasteiger partial charge in [-0.3, -0.25) is 14.5 Å². The molecule has 1 heterocycles. The Labute approximate surface area is 108 Å². The van der Waals surface area contributed by atoms with Gasteiger partial charge in [-0.15, -0.1) is 0 Å². The molecule has 2 fully saturated rings. The van der Waals surface area contributed by atoms with Crippen LogP contribution in [0.4, 0.5) is 0 Å². The zero-order chi connectivity index (χ0) is 13.3. The van der Waals surface area contributed by atoms with E-state index in [1.54, 1.807) is 0 Å². The molecule has 1 aliphatic carbocycles. The van der Waals surface area contributed by atoms with Crippen molar-refractivity contribution in [3.63, 3.8) is 0 Å². The molecular weight excluding hydrogens is 232 g/mol. The summed E-state index contributed by atoms with van der Waals surface area (Å²) >= 11 is 0. The number of carbonyl (C=O) groups excluding carboxylic acids is 1. The molecule has 18 heavy (non-hydrogen) atoms. The van der Waals surface area contributed by atoms with E-state index >= 15 is 0 Å². The van der Waals surface area contributed by atoms with Gasteiger partial charge in [-0.2, -0.15) is 0 Å². The van der Waals surface area contributed by atoms with E-state index in [1.165, 1.54) is 0 Å². The SMILES string of the molecule is CCC(C)N1CCN(C(=O)[C@@H]2C[C@@H]2C(=O)O)CC1. The first kappa shape index (κ1) is 13.3. The Morgan fingerprint density at radius 2 is 1.83 bits per heavy atom. The molecule has 1 unspecified atom stereocenters. The Morgan fingerprint density at radius 1 is 1.22 bits per heavy atom. The third kappa shape index (κ3) is 2.66. The maximum atomic E-state index is 12.1. The van der Waals surface area contributed by atoms with E-state index < -0.39 is 11.9 Å². The lowest BCUT2D eigenvalue weighted by molar-refractivity contribution is -0.142. The smallest absolute Gasteiger partial charge is 0.307 e. The van der Waals surface area contributed by atoms with Gasteiger partial charge in [0.25, 0.3) is 0 Å². The Morgan fingerprint density at radius 3 is 2.28 bits per heavy atom. The fourth-order valence-electron chi connectivity index (χ4n) is 2.62. The van der Waals surface area contributed by atoms with Gasteiger partial charge in [-0.1, -0.05) is 6.92 Å². The zero-order valence-electron chi connectivity index (χ0n) is 11.1. The molecule has 1 aliphatic heterocycles. The standard InChI is InChI=1S/C13H22N2O3/c1-3-9(2)14-4-6-15(7-5-14)12(16)10-8-11(10)13(17)18/h9-11H,3-8H2,1-2H3,(H,17,18)/t9?,10-,11+/m1/s1. The Bertz CT molecular complexity index is 337. The number of piperazine rings is 1. The minimum absolute atomic E-state index is 0.0474. The second kappa shape index (κ2) is 5.26. The first-order chi connectivity index (χ1) is 8.54. The van der Waals surface area contributed by atoms with Crippen LogP contribution in [0.25, 0.3) is 0 Å². The van der Waals surface area contributed by atoms with Gasteiger partial charge in [0.15, 0.2) is 0 Å². The van der Waals surface area contributed by atoms with E-state index in [4.69, 9.17) is 5.11 Å². The van der Waals surface area contributed by atoms with Gasteiger partial charge in [-0.25, -0.2) is 0 Å². The second-order valence-electron chi connectivity index (χ2n) is 5.41. The van der Waals surface area contributed by atoms with Crippen molar-refractivity contribution in [3.05, 3.63) is 0 Å². The zero-order valence-corrected chi connectivity index (χ0v) is 11.1. The van der Waals surface area contributed by atoms with Crippen molar-refractivity contribution >= 4 is 11.9 Å². The Kier molecular flexibility index (Phi) is 3.90. The molecule has 0 bridgehead atoms. The van der Waals surface area contributed by atoms with Gasteiger partial charge < -0.3 is 10.0 Å². The van der Waals surface area contributed by atoms with Crippen LogP contribution in [0.2, 0.25) is 0 Å². The van der Waals surface area contributed by atoms with E-state index in [9.17, 15) is 9.59 Å². The number of carboxylic acids is 1. The largest absolute Gasteiger partial charge is 0.481 e. The number of carbonyl (C=O) groups is 2. The molecule has 0 radical (unpaired) electrons. The number of nitrogens with zero attached hydrogens (tertiary/aromatic N) is 2. The second-order valence-corrected chi connectivity index (χ2v) is 5.41. The van der Waals surface area contributed by atoms with E-state index in [-0.39, 0.29) is 11.8 Å². The molecule has 0 aromatic carbocycles. The Balaban J connectivity index is 1.80. The summed E-state index contributed by atoms with van der Waals surface area (Å²) in [5, 5.41) is 8.84. The minimum Gasteiger partial charge on any atom is -0.481 e. The fraction of sp³-hybridized carbons (Fsp3) is 0.846. The Hall–Kier alpha value is -1.10. The van der Waals surface area contributed by atoms with Gasteiger partial charge >= 0.3 is 5.97 Å². The molecule has 2 aliphatic rings. The van der Waals surface area contributed by atoms with E-state index in [0.717, 1.165) is 32.6 Å². The molecule has 3 atom stereocenters. The van der Waals surface area contributed by atoms with Crippen molar-refractivity contribution in [3.8, 4) is 0 Å². The molecular formula is C13H22N2O3. The third-order valence-corrected chi connectivity index (χ3v) is 4.26. The summed E-state index contributed by atoms with van der Waals surface area (Å²) in [7, 11) is 0. The average molecular weight is 254 g/mol. The van der Waals surface area contributed by atoms with Crippen LogP contribution >= 0.6 is 0 Å². The van der Waals surface area contributed by atoms with Crippen LogP contribution in [0.3, 0.4) is 0 Å². The first-order valence-corrected chi connectivity index (χ1v) is 6.80. The normalized spacial score (nSPS) is 30.0. The van der Waals surface area contributed by atoms with Crippen LogP contribution in [0.1, 0.15) is 26.7 Å². The highest BCUT2D eigenvalue weighted by Gasteiger charge is 2.50. The van der Waals surface area contributed by atoms with Gasteiger partial charge in [0.05, 0.1) is 11.8 Å². The first-order valence-electron chi connectivity index (χ1n) is 6.80. The monoisotopic (exact) mass is 254 g/mol. The molecule has 0 aromatic heterocycles. The highest BCUT2D eigenvalue weighted by molar-refractivity contribution is 5.89. The summed E-state index contributed by atoms with van der Waals surface area (Å²) in [5.74, 6) is -1.46. The summed E-state index contributed by atoms with van der Waals surface area (Å²) in [6.07, 6.45) is 1.65. The van der Waals surface area contributed by atoms with Crippen molar-refractivity contribution in [1.29, 1.82) is 0 Å². The van der Waals surface area contributed by atoms with E-state index in [0.29, 0.717) is 12.5 Å². The number of rotatable bonds is 4. The van der Waals surface area contributed by atoms with E-state index in [1.807, 2.05) is 4.90 Å². The molecule has 5 heteroatoms. The van der Waals surface area contributed by atoms with Gasteiger partial charge in [0, 0.05) is 32.2 Å². The molecule has 2 rings (SSSR count). The van der Waals surface area contributed by atoms with Gasteiger partial charge in [0.2, 0.25) is 5.91 Å². The molecule has 1 amide bonds. The maximum absolute atomic E-state index is 12.1. The lowest BCUT2D eigenvalue weighted by Crippen LogP contribution is -2.51. The summed E-state index contributed by atoms with van der Waals surface area (Å²) in [6, 6.07) is 0.565. The molecule has 1 saturated heterocycles. The molecule has 0 spiro atoms. The topological polar surface area (TPSA) is 60.9 Å². The van der Waals surface area contributed by atoms with E-state index in [2.05, 4.69) is 18.7 Å². The van der Waals surface area contributed by atoms with Crippen molar-refractivity contribution in [2.45, 2.75) is 32.7 Å². The minimum atomic E-state index is -0.827. The third-order valence-electron chi connectivity index (χ3n) is 4.26.